The summed E-state index contributed by atoms with van der Waals surface area (Å²) in [4.78, 5) is 47.4. The number of hydrogen-bond acceptors (Lipinski definition) is 6. The molecule has 53 heavy (non-hydrogen) atoms. The zero-order valence-corrected chi connectivity index (χ0v) is 35.5. The SMILES string of the molecule is CCCCCCCCCCCCC(C(=O)NC1CCCCCC1)N(CCN1CCN(C)CC1)C(=O)CCCCCCCC(=O)OCC(CC)CCCC. The molecule has 2 fully saturated rings. The number of carbonyl (C=O) groups excluding carboxylic acids is 3. The molecule has 1 heterocycles. The maximum atomic E-state index is 14.1. The maximum absolute atomic E-state index is 14.1. The summed E-state index contributed by atoms with van der Waals surface area (Å²) in [6.45, 7) is 12.8. The van der Waals surface area contributed by atoms with Gasteiger partial charge >= 0.3 is 5.97 Å². The molecule has 8 nitrogen and oxygen atoms in total. The van der Waals surface area contributed by atoms with E-state index in [4.69, 9.17) is 4.74 Å². The second kappa shape index (κ2) is 31.5. The summed E-state index contributed by atoms with van der Waals surface area (Å²) < 4.78 is 5.59. The van der Waals surface area contributed by atoms with Crippen LogP contribution in [0.4, 0.5) is 0 Å². The number of nitrogens with one attached hydrogen (secondary N) is 1. The molecule has 1 saturated carbocycles. The zero-order chi connectivity index (χ0) is 38.4. The Bertz CT molecular complexity index is 916. The number of ether oxygens (including phenoxy) is 1. The number of amides is 2. The number of likely N-dealkylation sites (N-methyl/N-ethyl adjacent to an activating group) is 1. The monoisotopic (exact) mass is 747 g/mol. The minimum absolute atomic E-state index is 0.0679. The largest absolute Gasteiger partial charge is 0.465 e. The topological polar surface area (TPSA) is 82.2 Å². The molecule has 8 heteroatoms. The molecule has 0 aromatic carbocycles. The molecule has 2 aliphatic rings. The van der Waals surface area contributed by atoms with Gasteiger partial charge in [-0.15, -0.1) is 0 Å². The average molecular weight is 747 g/mol. The third kappa shape index (κ3) is 23.1. The first-order valence-corrected chi connectivity index (χ1v) is 23.0. The first-order chi connectivity index (χ1) is 25.9. The Morgan fingerprint density at radius 2 is 1.25 bits per heavy atom. The van der Waals surface area contributed by atoms with Gasteiger partial charge in [0.15, 0.2) is 0 Å². The van der Waals surface area contributed by atoms with Gasteiger partial charge in [-0.3, -0.25) is 19.3 Å². The zero-order valence-electron chi connectivity index (χ0n) is 35.5. The minimum atomic E-state index is -0.382. The molecule has 0 bridgehead atoms. The molecule has 0 aromatic heterocycles. The fourth-order valence-electron chi connectivity index (χ4n) is 8.15. The highest BCUT2D eigenvalue weighted by molar-refractivity contribution is 5.87. The minimum Gasteiger partial charge on any atom is -0.465 e. The van der Waals surface area contributed by atoms with Crippen molar-refractivity contribution in [2.75, 3.05) is 52.9 Å². The maximum Gasteiger partial charge on any atom is 0.305 e. The molecular formula is C45H86N4O4. The van der Waals surface area contributed by atoms with E-state index in [2.05, 4.69) is 42.9 Å². The molecule has 2 amide bonds. The molecule has 1 N–H and O–H groups in total. The van der Waals surface area contributed by atoms with Crippen LogP contribution in [0.1, 0.15) is 201 Å². The Kier molecular flexibility index (Phi) is 28.2. The summed E-state index contributed by atoms with van der Waals surface area (Å²) in [6, 6.07) is -0.145. The molecule has 1 saturated heterocycles. The first kappa shape index (κ1) is 47.5. The van der Waals surface area contributed by atoms with Crippen LogP contribution in [0.2, 0.25) is 0 Å². The third-order valence-electron chi connectivity index (χ3n) is 12.1. The van der Waals surface area contributed by atoms with Gasteiger partial charge < -0.3 is 19.9 Å². The lowest BCUT2D eigenvalue weighted by atomic mass is 10.0. The van der Waals surface area contributed by atoms with Crippen LogP contribution in [0.25, 0.3) is 0 Å². The Labute approximate surface area is 327 Å². The summed E-state index contributed by atoms with van der Waals surface area (Å²) in [5.74, 6) is 0.642. The van der Waals surface area contributed by atoms with E-state index in [1.807, 2.05) is 4.90 Å². The van der Waals surface area contributed by atoms with Crippen molar-refractivity contribution in [3.8, 4) is 0 Å². The quantitative estimate of drug-likeness (QED) is 0.0432. The van der Waals surface area contributed by atoms with E-state index >= 15 is 0 Å². The van der Waals surface area contributed by atoms with Crippen LogP contribution >= 0.6 is 0 Å². The van der Waals surface area contributed by atoms with Crippen molar-refractivity contribution in [3.63, 3.8) is 0 Å². The second-order valence-electron chi connectivity index (χ2n) is 16.8. The molecule has 310 valence electrons. The van der Waals surface area contributed by atoms with Gasteiger partial charge in [-0.2, -0.15) is 0 Å². The lowest BCUT2D eigenvalue weighted by Crippen LogP contribution is -2.54. The number of hydrogen-bond donors (Lipinski definition) is 1. The van der Waals surface area contributed by atoms with E-state index in [0.29, 0.717) is 31.9 Å². The van der Waals surface area contributed by atoms with E-state index in [1.54, 1.807) is 0 Å². The van der Waals surface area contributed by atoms with Gasteiger partial charge in [0.1, 0.15) is 6.04 Å². The van der Waals surface area contributed by atoms with E-state index < -0.39 is 0 Å². The van der Waals surface area contributed by atoms with Crippen LogP contribution in [0.15, 0.2) is 0 Å². The standard InChI is InChI=1S/C45H86N4O4/c1-5-8-10-11-12-13-14-15-17-24-30-42(45(52)46-41-28-22-20-21-23-29-41)49(38-37-48-35-33-47(4)34-36-48)43(50)31-25-18-16-19-26-32-44(51)53-39-40(7-3)27-9-6-2/h40-42H,5-39H2,1-4H3,(H,46,52). The molecule has 2 rings (SSSR count). The third-order valence-corrected chi connectivity index (χ3v) is 12.1. The summed E-state index contributed by atoms with van der Waals surface area (Å²) in [6.07, 6.45) is 30.6. The second-order valence-corrected chi connectivity index (χ2v) is 16.8. The molecule has 0 radical (unpaired) electrons. The highest BCUT2D eigenvalue weighted by Gasteiger charge is 2.31. The fraction of sp³-hybridized carbons (Fsp3) is 0.933. The van der Waals surface area contributed by atoms with Crippen molar-refractivity contribution >= 4 is 17.8 Å². The Balaban J connectivity index is 1.92. The van der Waals surface area contributed by atoms with Gasteiger partial charge in [0, 0.05) is 58.2 Å². The van der Waals surface area contributed by atoms with Crippen molar-refractivity contribution in [1.82, 2.24) is 20.0 Å². The molecule has 1 aliphatic heterocycles. The number of piperazine rings is 1. The van der Waals surface area contributed by atoms with Gasteiger partial charge in [-0.25, -0.2) is 0 Å². The first-order valence-electron chi connectivity index (χ1n) is 23.0. The highest BCUT2D eigenvalue weighted by Crippen LogP contribution is 2.21. The number of rotatable bonds is 31. The predicted molar refractivity (Wildman–Crippen MR) is 222 cm³/mol. The van der Waals surface area contributed by atoms with E-state index in [1.165, 1.54) is 89.9 Å². The van der Waals surface area contributed by atoms with Crippen LogP contribution in [0.3, 0.4) is 0 Å². The van der Waals surface area contributed by atoms with Gasteiger partial charge in [-0.05, 0) is 51.5 Å². The lowest BCUT2D eigenvalue weighted by Gasteiger charge is -2.36. The summed E-state index contributed by atoms with van der Waals surface area (Å²) in [5.41, 5.74) is 0. The fourth-order valence-corrected chi connectivity index (χ4v) is 8.15. The van der Waals surface area contributed by atoms with Crippen LogP contribution in [-0.4, -0.2) is 97.5 Å². The van der Waals surface area contributed by atoms with Crippen molar-refractivity contribution in [1.29, 1.82) is 0 Å². The van der Waals surface area contributed by atoms with E-state index in [-0.39, 0.29) is 29.9 Å². The molecule has 0 aromatic rings. The van der Waals surface area contributed by atoms with E-state index in [9.17, 15) is 14.4 Å². The Hall–Kier alpha value is -1.67. The Morgan fingerprint density at radius 1 is 0.679 bits per heavy atom. The summed E-state index contributed by atoms with van der Waals surface area (Å²) >= 11 is 0. The van der Waals surface area contributed by atoms with E-state index in [0.717, 1.165) is 110 Å². The summed E-state index contributed by atoms with van der Waals surface area (Å²) in [5, 5.41) is 3.46. The summed E-state index contributed by atoms with van der Waals surface area (Å²) in [7, 11) is 2.18. The number of esters is 1. The average Bonchev–Trinajstić information content (AvgIpc) is 3.43. The van der Waals surface area contributed by atoms with Crippen molar-refractivity contribution in [3.05, 3.63) is 0 Å². The van der Waals surface area contributed by atoms with Crippen LogP contribution in [0.5, 0.6) is 0 Å². The van der Waals surface area contributed by atoms with Crippen LogP contribution in [0, 0.1) is 5.92 Å². The molecule has 0 spiro atoms. The smallest absolute Gasteiger partial charge is 0.305 e. The van der Waals surface area contributed by atoms with Crippen molar-refractivity contribution in [2.24, 2.45) is 5.92 Å². The number of unbranched alkanes of at least 4 members (excludes halogenated alkanes) is 14. The molecule has 2 unspecified atom stereocenters. The molecule has 1 aliphatic carbocycles. The van der Waals surface area contributed by atoms with Gasteiger partial charge in [0.05, 0.1) is 6.61 Å². The van der Waals surface area contributed by atoms with Gasteiger partial charge in [0.25, 0.3) is 0 Å². The molecule has 2 atom stereocenters. The van der Waals surface area contributed by atoms with Gasteiger partial charge in [0.2, 0.25) is 11.8 Å². The lowest BCUT2D eigenvalue weighted by molar-refractivity contribution is -0.145. The van der Waals surface area contributed by atoms with Crippen molar-refractivity contribution < 1.29 is 19.1 Å². The van der Waals surface area contributed by atoms with Crippen LogP contribution in [-0.2, 0) is 19.1 Å². The van der Waals surface area contributed by atoms with Crippen LogP contribution < -0.4 is 5.32 Å². The normalized spacial score (nSPS) is 17.3. The van der Waals surface area contributed by atoms with Crippen molar-refractivity contribution in [2.45, 2.75) is 213 Å². The molecular weight excluding hydrogens is 661 g/mol. The number of nitrogens with zero attached hydrogens (tertiary/aromatic N) is 3. The predicted octanol–water partition coefficient (Wildman–Crippen LogP) is 10.1. The van der Waals surface area contributed by atoms with Gasteiger partial charge in [-0.1, -0.05) is 149 Å². The highest BCUT2D eigenvalue weighted by atomic mass is 16.5. The number of carbonyl (C=O) groups is 3. The Morgan fingerprint density at radius 3 is 1.85 bits per heavy atom.